The molecule has 0 radical (unpaired) electrons. The van der Waals surface area contributed by atoms with Crippen LogP contribution < -0.4 is 5.32 Å². The monoisotopic (exact) mass is 343 g/mol. The Morgan fingerprint density at radius 2 is 1.76 bits per heavy atom. The summed E-state index contributed by atoms with van der Waals surface area (Å²) in [4.78, 5) is 13.6. The van der Waals surface area contributed by atoms with Gasteiger partial charge in [-0.25, -0.2) is 9.97 Å². The molecule has 0 aliphatic heterocycles. The first-order valence-electron chi connectivity index (χ1n) is 9.22. The van der Waals surface area contributed by atoms with Crippen LogP contribution in [0.1, 0.15) is 30.9 Å². The molecule has 138 valence electrons. The number of nitrogens with one attached hydrogen (secondary N) is 1. The molecule has 1 aromatic carbocycles. The van der Waals surface area contributed by atoms with Crippen molar-refractivity contribution in [3.05, 3.63) is 29.6 Å². The van der Waals surface area contributed by atoms with Crippen molar-refractivity contribution >= 4 is 16.7 Å². The molecule has 2 aromatic rings. The highest BCUT2D eigenvalue weighted by Gasteiger charge is 2.13. The highest BCUT2D eigenvalue weighted by Crippen LogP contribution is 2.23. The number of likely N-dealkylation sites (N-methyl/N-ethyl adjacent to an activating group) is 1. The van der Waals surface area contributed by atoms with Crippen LogP contribution in [0.4, 0.5) is 5.82 Å². The van der Waals surface area contributed by atoms with Gasteiger partial charge < -0.3 is 15.1 Å². The van der Waals surface area contributed by atoms with Crippen LogP contribution in [0.25, 0.3) is 10.9 Å². The Kier molecular flexibility index (Phi) is 7.14. The summed E-state index contributed by atoms with van der Waals surface area (Å²) >= 11 is 0. The smallest absolute Gasteiger partial charge is 0.137 e. The third-order valence-corrected chi connectivity index (χ3v) is 4.76. The summed E-state index contributed by atoms with van der Waals surface area (Å²) in [6.45, 7) is 9.75. The van der Waals surface area contributed by atoms with Crippen molar-refractivity contribution < 1.29 is 0 Å². The van der Waals surface area contributed by atoms with E-state index in [4.69, 9.17) is 0 Å². The number of hydrogen-bond donors (Lipinski definition) is 1. The molecule has 5 heteroatoms. The van der Waals surface area contributed by atoms with Crippen molar-refractivity contribution in [3.63, 3.8) is 0 Å². The molecule has 25 heavy (non-hydrogen) atoms. The largest absolute Gasteiger partial charge is 0.365 e. The fourth-order valence-electron chi connectivity index (χ4n) is 3.03. The summed E-state index contributed by atoms with van der Waals surface area (Å²) < 4.78 is 0. The van der Waals surface area contributed by atoms with Gasteiger partial charge in [0.25, 0.3) is 0 Å². The van der Waals surface area contributed by atoms with Gasteiger partial charge in [-0.1, -0.05) is 6.92 Å². The van der Waals surface area contributed by atoms with Gasteiger partial charge in [0, 0.05) is 18.0 Å². The summed E-state index contributed by atoms with van der Waals surface area (Å²) in [5, 5.41) is 4.76. The highest BCUT2D eigenvalue weighted by atomic mass is 15.1. The Hall–Kier alpha value is -1.72. The molecule has 0 aliphatic carbocycles. The standard InChI is InChI=1S/C20H33N5/c1-7-17(13-25(6)10-8-9-24(4)5)23-20-18-11-15(2)16(3)12-19(18)21-14-22-20/h11-12,14,17H,7-10,13H2,1-6H3,(H,21,22,23). The molecule has 1 heterocycles. The lowest BCUT2D eigenvalue weighted by Gasteiger charge is -2.25. The van der Waals surface area contributed by atoms with Crippen LogP contribution >= 0.6 is 0 Å². The van der Waals surface area contributed by atoms with Gasteiger partial charge in [-0.15, -0.1) is 0 Å². The van der Waals surface area contributed by atoms with Crippen LogP contribution in [0, 0.1) is 13.8 Å². The van der Waals surface area contributed by atoms with Crippen LogP contribution in [0.3, 0.4) is 0 Å². The van der Waals surface area contributed by atoms with Gasteiger partial charge in [-0.3, -0.25) is 0 Å². The first kappa shape index (κ1) is 19.6. The molecule has 2 rings (SSSR count). The lowest BCUT2D eigenvalue weighted by Crippen LogP contribution is -2.35. The fraction of sp³-hybridized carbons (Fsp3) is 0.600. The molecular weight excluding hydrogens is 310 g/mol. The van der Waals surface area contributed by atoms with Gasteiger partial charge >= 0.3 is 0 Å². The summed E-state index contributed by atoms with van der Waals surface area (Å²) in [6, 6.07) is 4.72. The average molecular weight is 344 g/mol. The minimum Gasteiger partial charge on any atom is -0.365 e. The second kappa shape index (κ2) is 9.11. The predicted octanol–water partition coefficient (Wildman–Crippen LogP) is 3.32. The van der Waals surface area contributed by atoms with Gasteiger partial charge in [-0.2, -0.15) is 0 Å². The quantitative estimate of drug-likeness (QED) is 0.757. The van der Waals surface area contributed by atoms with Crippen molar-refractivity contribution in [2.45, 2.75) is 39.7 Å². The number of anilines is 1. The van der Waals surface area contributed by atoms with E-state index in [0.29, 0.717) is 6.04 Å². The van der Waals surface area contributed by atoms with E-state index in [1.165, 1.54) is 17.5 Å². The second-order valence-corrected chi connectivity index (χ2v) is 7.34. The zero-order valence-electron chi connectivity index (χ0n) is 16.6. The minimum absolute atomic E-state index is 0.379. The Morgan fingerprint density at radius 1 is 1.04 bits per heavy atom. The number of hydrogen-bond acceptors (Lipinski definition) is 5. The zero-order chi connectivity index (χ0) is 18.4. The number of aromatic nitrogens is 2. The van der Waals surface area contributed by atoms with Gasteiger partial charge in [0.2, 0.25) is 0 Å². The molecule has 0 fully saturated rings. The van der Waals surface area contributed by atoms with Gasteiger partial charge in [0.05, 0.1) is 5.52 Å². The van der Waals surface area contributed by atoms with Crippen molar-refractivity contribution in [3.8, 4) is 0 Å². The van der Waals surface area contributed by atoms with E-state index >= 15 is 0 Å². The molecule has 0 spiro atoms. The normalized spacial score (nSPS) is 13.0. The van der Waals surface area contributed by atoms with E-state index in [0.717, 1.165) is 42.8 Å². The maximum absolute atomic E-state index is 4.51. The minimum atomic E-state index is 0.379. The highest BCUT2D eigenvalue weighted by molar-refractivity contribution is 5.90. The van der Waals surface area contributed by atoms with Crippen LogP contribution in [-0.4, -0.2) is 66.6 Å². The first-order chi connectivity index (χ1) is 11.9. The Morgan fingerprint density at radius 3 is 2.44 bits per heavy atom. The SMILES string of the molecule is CCC(CN(C)CCCN(C)C)Nc1ncnc2cc(C)c(C)cc12. The van der Waals surface area contributed by atoms with E-state index in [1.807, 2.05) is 0 Å². The molecule has 1 aromatic heterocycles. The Bertz CT molecular complexity index is 683. The van der Waals surface area contributed by atoms with Crippen molar-refractivity contribution in [1.82, 2.24) is 19.8 Å². The van der Waals surface area contributed by atoms with Gasteiger partial charge in [0.15, 0.2) is 0 Å². The predicted molar refractivity (Wildman–Crippen MR) is 107 cm³/mol. The summed E-state index contributed by atoms with van der Waals surface area (Å²) in [7, 11) is 6.45. The van der Waals surface area contributed by atoms with E-state index in [-0.39, 0.29) is 0 Å². The zero-order valence-corrected chi connectivity index (χ0v) is 16.6. The molecule has 1 N–H and O–H groups in total. The maximum Gasteiger partial charge on any atom is 0.137 e. The molecule has 0 saturated heterocycles. The number of benzene rings is 1. The summed E-state index contributed by atoms with van der Waals surface area (Å²) in [5.74, 6) is 0.946. The molecule has 0 saturated carbocycles. The second-order valence-electron chi connectivity index (χ2n) is 7.34. The number of nitrogens with zero attached hydrogens (tertiary/aromatic N) is 4. The molecule has 0 amide bonds. The number of fused-ring (bicyclic) bond motifs is 1. The third kappa shape index (κ3) is 5.65. The van der Waals surface area contributed by atoms with E-state index < -0.39 is 0 Å². The lowest BCUT2D eigenvalue weighted by molar-refractivity contribution is 0.288. The summed E-state index contributed by atoms with van der Waals surface area (Å²) in [5.41, 5.74) is 3.55. The number of rotatable bonds is 9. The van der Waals surface area contributed by atoms with E-state index in [2.05, 4.69) is 79.1 Å². The first-order valence-corrected chi connectivity index (χ1v) is 9.22. The molecular formula is C20H33N5. The average Bonchev–Trinajstić information content (AvgIpc) is 2.55. The topological polar surface area (TPSA) is 44.3 Å². The summed E-state index contributed by atoms with van der Waals surface area (Å²) in [6.07, 6.45) is 3.91. The molecule has 1 atom stereocenters. The Labute approximate surface area is 152 Å². The Balaban J connectivity index is 2.06. The van der Waals surface area contributed by atoms with Crippen molar-refractivity contribution in [2.24, 2.45) is 0 Å². The van der Waals surface area contributed by atoms with Crippen LogP contribution in [0.5, 0.6) is 0 Å². The maximum atomic E-state index is 4.51. The fourth-order valence-corrected chi connectivity index (χ4v) is 3.03. The molecule has 0 bridgehead atoms. The molecule has 1 unspecified atom stereocenters. The van der Waals surface area contributed by atoms with Crippen molar-refractivity contribution in [1.29, 1.82) is 0 Å². The van der Waals surface area contributed by atoms with Crippen LogP contribution in [0.15, 0.2) is 18.5 Å². The lowest BCUT2D eigenvalue weighted by atomic mass is 10.1. The van der Waals surface area contributed by atoms with Crippen LogP contribution in [0.2, 0.25) is 0 Å². The van der Waals surface area contributed by atoms with E-state index in [1.54, 1.807) is 6.33 Å². The van der Waals surface area contributed by atoms with Crippen LogP contribution in [-0.2, 0) is 0 Å². The molecule has 0 aliphatic rings. The van der Waals surface area contributed by atoms with Gasteiger partial charge in [-0.05, 0) is 84.2 Å². The van der Waals surface area contributed by atoms with Gasteiger partial charge in [0.1, 0.15) is 12.1 Å². The molecule has 5 nitrogen and oxygen atoms in total. The number of aryl methyl sites for hydroxylation is 2. The van der Waals surface area contributed by atoms with Crippen molar-refractivity contribution in [2.75, 3.05) is 46.1 Å². The third-order valence-electron chi connectivity index (χ3n) is 4.76. The van der Waals surface area contributed by atoms with E-state index in [9.17, 15) is 0 Å².